The van der Waals surface area contributed by atoms with Crippen LogP contribution in [0.15, 0.2) is 42.5 Å². The first-order valence-corrected chi connectivity index (χ1v) is 7.82. The number of nitro benzene ring substituents is 1. The molecule has 6 heteroatoms. The van der Waals surface area contributed by atoms with Gasteiger partial charge in [-0.3, -0.25) is 14.9 Å². The average molecular weight is 327 g/mol. The highest BCUT2D eigenvalue weighted by atomic mass is 16.6. The second-order valence-corrected chi connectivity index (χ2v) is 5.53. The number of aryl methyl sites for hydroxylation is 1. The van der Waals surface area contributed by atoms with E-state index in [0.717, 1.165) is 12.0 Å². The molecule has 0 bridgehead atoms. The Bertz CT molecular complexity index is 742. The van der Waals surface area contributed by atoms with Gasteiger partial charge in [-0.15, -0.1) is 0 Å². The molecule has 0 spiro atoms. The van der Waals surface area contributed by atoms with Crippen LogP contribution in [0.1, 0.15) is 41.4 Å². The van der Waals surface area contributed by atoms with Crippen molar-refractivity contribution < 1.29 is 9.72 Å². The van der Waals surface area contributed by atoms with Crippen LogP contribution in [0.3, 0.4) is 0 Å². The van der Waals surface area contributed by atoms with E-state index < -0.39 is 4.92 Å². The Kier molecular flexibility index (Phi) is 5.52. The average Bonchev–Trinajstić information content (AvgIpc) is 2.60. The molecule has 0 radical (unpaired) electrons. The van der Waals surface area contributed by atoms with Crippen LogP contribution in [0.4, 0.5) is 11.4 Å². The molecule has 6 nitrogen and oxygen atoms in total. The number of hydrogen-bond acceptors (Lipinski definition) is 4. The predicted octanol–water partition coefficient (Wildman–Crippen LogP) is 3.69. The summed E-state index contributed by atoms with van der Waals surface area (Å²) in [4.78, 5) is 23.0. The summed E-state index contributed by atoms with van der Waals surface area (Å²) in [5, 5.41) is 16.7. The van der Waals surface area contributed by atoms with Gasteiger partial charge in [-0.2, -0.15) is 0 Å². The predicted molar refractivity (Wildman–Crippen MR) is 94.3 cm³/mol. The van der Waals surface area contributed by atoms with E-state index >= 15 is 0 Å². The lowest BCUT2D eigenvalue weighted by molar-refractivity contribution is -0.384. The molecule has 1 atom stereocenters. The van der Waals surface area contributed by atoms with Gasteiger partial charge >= 0.3 is 0 Å². The van der Waals surface area contributed by atoms with Gasteiger partial charge in [-0.05, 0) is 36.6 Å². The lowest BCUT2D eigenvalue weighted by Gasteiger charge is -2.15. The number of hydrogen-bond donors (Lipinski definition) is 2. The molecule has 0 aromatic heterocycles. The summed E-state index contributed by atoms with van der Waals surface area (Å²) in [6.07, 6.45) is 0.961. The zero-order valence-electron chi connectivity index (χ0n) is 14.0. The van der Waals surface area contributed by atoms with E-state index in [1.54, 1.807) is 13.1 Å². The third kappa shape index (κ3) is 3.90. The van der Waals surface area contributed by atoms with Crippen LogP contribution in [0.5, 0.6) is 0 Å². The van der Waals surface area contributed by atoms with E-state index in [9.17, 15) is 14.9 Å². The number of nitrogens with zero attached hydrogens (tertiary/aromatic N) is 1. The molecule has 1 amide bonds. The van der Waals surface area contributed by atoms with Crippen molar-refractivity contribution in [2.45, 2.75) is 26.3 Å². The zero-order valence-corrected chi connectivity index (χ0v) is 14.0. The highest BCUT2D eigenvalue weighted by Crippen LogP contribution is 2.25. The number of benzene rings is 2. The lowest BCUT2D eigenvalue weighted by Crippen LogP contribution is -2.26. The standard InChI is InChI=1S/C18H21N3O3/c1-4-13-5-7-14(8-6-13)12(2)20-18(22)15-9-10-16(19-3)17(11-15)21(23)24/h5-12,19H,4H2,1-3H3,(H,20,22). The van der Waals surface area contributed by atoms with Gasteiger partial charge in [0.25, 0.3) is 11.6 Å². The maximum absolute atomic E-state index is 12.4. The summed E-state index contributed by atoms with van der Waals surface area (Å²) < 4.78 is 0. The van der Waals surface area contributed by atoms with Crippen LogP contribution in [0, 0.1) is 10.1 Å². The van der Waals surface area contributed by atoms with Crippen molar-refractivity contribution in [1.82, 2.24) is 5.32 Å². The molecular weight excluding hydrogens is 306 g/mol. The Morgan fingerprint density at radius 2 is 1.88 bits per heavy atom. The van der Waals surface area contributed by atoms with Crippen LogP contribution < -0.4 is 10.6 Å². The van der Waals surface area contributed by atoms with Crippen molar-refractivity contribution >= 4 is 17.3 Å². The van der Waals surface area contributed by atoms with Crippen LogP contribution in [-0.4, -0.2) is 17.9 Å². The molecule has 2 aromatic carbocycles. The van der Waals surface area contributed by atoms with Gasteiger partial charge in [0.15, 0.2) is 0 Å². The van der Waals surface area contributed by atoms with Crippen molar-refractivity contribution in [1.29, 1.82) is 0 Å². The molecule has 0 aliphatic heterocycles. The number of nitrogens with one attached hydrogen (secondary N) is 2. The van der Waals surface area contributed by atoms with E-state index in [0.29, 0.717) is 5.69 Å². The first-order valence-electron chi connectivity index (χ1n) is 7.82. The lowest BCUT2D eigenvalue weighted by atomic mass is 10.0. The number of anilines is 1. The SMILES string of the molecule is CCc1ccc(C(C)NC(=O)c2ccc(NC)c([N+](=O)[O-])c2)cc1. The number of carbonyl (C=O) groups excluding carboxylic acids is 1. The molecule has 2 aromatic rings. The van der Waals surface area contributed by atoms with Crippen LogP contribution in [-0.2, 0) is 6.42 Å². The summed E-state index contributed by atoms with van der Waals surface area (Å²) in [6, 6.07) is 12.2. The molecule has 126 valence electrons. The van der Waals surface area contributed by atoms with Crippen molar-refractivity contribution in [3.05, 3.63) is 69.3 Å². The summed E-state index contributed by atoms with van der Waals surface area (Å²) >= 11 is 0. The quantitative estimate of drug-likeness (QED) is 0.626. The fourth-order valence-corrected chi connectivity index (χ4v) is 2.44. The Balaban J connectivity index is 2.16. The highest BCUT2D eigenvalue weighted by molar-refractivity contribution is 5.96. The van der Waals surface area contributed by atoms with Crippen LogP contribution in [0.2, 0.25) is 0 Å². The van der Waals surface area contributed by atoms with Crippen molar-refractivity contribution in [2.24, 2.45) is 0 Å². The van der Waals surface area contributed by atoms with E-state index in [1.165, 1.54) is 17.7 Å². The molecule has 0 heterocycles. The molecule has 0 saturated carbocycles. The third-order valence-electron chi connectivity index (χ3n) is 3.96. The van der Waals surface area contributed by atoms with Crippen molar-refractivity contribution in [3.8, 4) is 0 Å². The molecule has 2 N–H and O–H groups in total. The third-order valence-corrected chi connectivity index (χ3v) is 3.96. The minimum atomic E-state index is -0.504. The molecule has 24 heavy (non-hydrogen) atoms. The number of carbonyl (C=O) groups is 1. The topological polar surface area (TPSA) is 84.3 Å². The molecule has 0 saturated heterocycles. The van der Waals surface area contributed by atoms with Gasteiger partial charge in [0.1, 0.15) is 5.69 Å². The van der Waals surface area contributed by atoms with Gasteiger partial charge in [-0.1, -0.05) is 31.2 Å². The second-order valence-electron chi connectivity index (χ2n) is 5.53. The summed E-state index contributed by atoms with van der Waals surface area (Å²) in [6.45, 7) is 3.97. The van der Waals surface area contributed by atoms with E-state index in [4.69, 9.17) is 0 Å². The highest BCUT2D eigenvalue weighted by Gasteiger charge is 2.18. The Morgan fingerprint density at radius 3 is 2.42 bits per heavy atom. The molecule has 0 aliphatic rings. The monoisotopic (exact) mass is 327 g/mol. The first-order chi connectivity index (χ1) is 11.5. The fourth-order valence-electron chi connectivity index (χ4n) is 2.44. The minimum absolute atomic E-state index is 0.120. The summed E-state index contributed by atoms with van der Waals surface area (Å²) in [7, 11) is 1.60. The summed E-state index contributed by atoms with van der Waals surface area (Å²) in [5.74, 6) is -0.340. The number of nitro groups is 1. The Hall–Kier alpha value is -2.89. The van der Waals surface area contributed by atoms with Crippen LogP contribution in [0.25, 0.3) is 0 Å². The van der Waals surface area contributed by atoms with Crippen molar-refractivity contribution in [2.75, 3.05) is 12.4 Å². The maximum atomic E-state index is 12.4. The van der Waals surface area contributed by atoms with Gasteiger partial charge in [0, 0.05) is 18.7 Å². The maximum Gasteiger partial charge on any atom is 0.293 e. The van der Waals surface area contributed by atoms with E-state index in [2.05, 4.69) is 17.6 Å². The van der Waals surface area contributed by atoms with Gasteiger partial charge in [0.05, 0.1) is 11.0 Å². The van der Waals surface area contributed by atoms with Gasteiger partial charge in [-0.25, -0.2) is 0 Å². The Labute approximate surface area is 141 Å². The summed E-state index contributed by atoms with van der Waals surface area (Å²) in [5.41, 5.74) is 2.74. The largest absolute Gasteiger partial charge is 0.383 e. The van der Waals surface area contributed by atoms with Crippen molar-refractivity contribution in [3.63, 3.8) is 0 Å². The van der Waals surface area contributed by atoms with E-state index in [1.807, 2.05) is 31.2 Å². The number of rotatable bonds is 6. The molecule has 2 rings (SSSR count). The molecule has 1 unspecified atom stereocenters. The molecular formula is C18H21N3O3. The Morgan fingerprint density at radius 1 is 1.21 bits per heavy atom. The zero-order chi connectivity index (χ0) is 17.7. The second kappa shape index (κ2) is 7.59. The number of amides is 1. The van der Waals surface area contributed by atoms with Crippen LogP contribution >= 0.6 is 0 Å². The van der Waals surface area contributed by atoms with Gasteiger partial charge < -0.3 is 10.6 Å². The molecule has 0 aliphatic carbocycles. The molecule has 0 fully saturated rings. The normalized spacial score (nSPS) is 11.6. The smallest absolute Gasteiger partial charge is 0.293 e. The first kappa shape index (κ1) is 17.5. The van der Waals surface area contributed by atoms with E-state index in [-0.39, 0.29) is 23.2 Å². The van der Waals surface area contributed by atoms with Gasteiger partial charge in [0.2, 0.25) is 0 Å². The minimum Gasteiger partial charge on any atom is -0.383 e. The fraction of sp³-hybridized carbons (Fsp3) is 0.278.